The van der Waals surface area contributed by atoms with Gasteiger partial charge in [0.1, 0.15) is 5.76 Å². The van der Waals surface area contributed by atoms with Gasteiger partial charge in [-0.25, -0.2) is 9.78 Å². The van der Waals surface area contributed by atoms with Crippen LogP contribution in [0.15, 0.2) is 34.7 Å². The first-order valence-corrected chi connectivity index (χ1v) is 9.29. The second kappa shape index (κ2) is 8.70. The first-order chi connectivity index (χ1) is 13.1. The number of oxazole rings is 1. The maximum atomic E-state index is 12.4. The van der Waals surface area contributed by atoms with E-state index in [1.807, 2.05) is 37.3 Å². The SMILES string of the molecule is CCOC(=O)N1CCC(NC(=O)Cc2oc(-c3ccccc3)nc2C)CC1. The van der Waals surface area contributed by atoms with E-state index in [0.29, 0.717) is 31.3 Å². The third kappa shape index (κ3) is 4.87. The number of aromatic nitrogens is 1. The minimum Gasteiger partial charge on any atom is -0.450 e. The number of nitrogens with one attached hydrogen (secondary N) is 1. The topological polar surface area (TPSA) is 84.7 Å². The highest BCUT2D eigenvalue weighted by Gasteiger charge is 2.25. The van der Waals surface area contributed by atoms with Gasteiger partial charge >= 0.3 is 6.09 Å². The zero-order valence-corrected chi connectivity index (χ0v) is 15.7. The summed E-state index contributed by atoms with van der Waals surface area (Å²) in [5, 5.41) is 3.03. The fraction of sp³-hybridized carbons (Fsp3) is 0.450. The molecule has 1 N–H and O–H groups in total. The summed E-state index contributed by atoms with van der Waals surface area (Å²) in [4.78, 5) is 30.2. The minimum absolute atomic E-state index is 0.0556. The zero-order chi connectivity index (χ0) is 19.2. The second-order valence-electron chi connectivity index (χ2n) is 6.60. The summed E-state index contributed by atoms with van der Waals surface area (Å²) in [5.41, 5.74) is 1.61. The Balaban J connectivity index is 1.52. The number of piperidine rings is 1. The molecule has 0 aliphatic carbocycles. The summed E-state index contributed by atoms with van der Waals surface area (Å²) in [6.07, 6.45) is 1.31. The molecule has 1 aliphatic heterocycles. The van der Waals surface area contributed by atoms with Gasteiger partial charge in [-0.15, -0.1) is 0 Å². The second-order valence-corrected chi connectivity index (χ2v) is 6.60. The van der Waals surface area contributed by atoms with E-state index in [-0.39, 0.29) is 24.5 Å². The van der Waals surface area contributed by atoms with Crippen LogP contribution in [0.4, 0.5) is 4.79 Å². The predicted octanol–water partition coefficient (Wildman–Crippen LogP) is 2.93. The van der Waals surface area contributed by atoms with Crippen molar-refractivity contribution in [3.63, 3.8) is 0 Å². The van der Waals surface area contributed by atoms with E-state index in [4.69, 9.17) is 9.15 Å². The number of carbonyl (C=O) groups is 2. The lowest BCUT2D eigenvalue weighted by Gasteiger charge is -2.31. The Kier molecular flexibility index (Phi) is 6.11. The van der Waals surface area contributed by atoms with E-state index in [1.165, 1.54) is 0 Å². The first-order valence-electron chi connectivity index (χ1n) is 9.29. The van der Waals surface area contributed by atoms with Crippen molar-refractivity contribution in [3.05, 3.63) is 41.8 Å². The molecule has 0 radical (unpaired) electrons. The maximum absolute atomic E-state index is 12.4. The van der Waals surface area contributed by atoms with Crippen molar-refractivity contribution in [1.82, 2.24) is 15.2 Å². The van der Waals surface area contributed by atoms with Crippen LogP contribution < -0.4 is 5.32 Å². The molecule has 7 heteroatoms. The van der Waals surface area contributed by atoms with Crippen LogP contribution in [0.1, 0.15) is 31.2 Å². The van der Waals surface area contributed by atoms with Gasteiger partial charge in [-0.1, -0.05) is 18.2 Å². The highest BCUT2D eigenvalue weighted by molar-refractivity contribution is 5.78. The van der Waals surface area contributed by atoms with Gasteiger partial charge in [0.05, 0.1) is 18.7 Å². The summed E-state index contributed by atoms with van der Waals surface area (Å²) in [5.74, 6) is 1.01. The standard InChI is InChI=1S/C20H25N3O4/c1-3-26-20(25)23-11-9-16(10-12-23)22-18(24)13-17-14(2)21-19(27-17)15-7-5-4-6-8-15/h4-8,16H,3,9-13H2,1-2H3,(H,22,24). The fourth-order valence-electron chi connectivity index (χ4n) is 3.14. The molecule has 144 valence electrons. The van der Waals surface area contributed by atoms with Crippen LogP contribution in [0.25, 0.3) is 11.5 Å². The number of aryl methyl sites for hydroxylation is 1. The number of benzene rings is 1. The molecule has 7 nitrogen and oxygen atoms in total. The van der Waals surface area contributed by atoms with E-state index in [1.54, 1.807) is 11.8 Å². The summed E-state index contributed by atoms with van der Waals surface area (Å²) in [6.45, 7) is 5.18. The van der Waals surface area contributed by atoms with Crippen molar-refractivity contribution in [2.75, 3.05) is 19.7 Å². The minimum atomic E-state index is -0.284. The number of carbonyl (C=O) groups excluding carboxylic acids is 2. The average Bonchev–Trinajstić information content (AvgIpc) is 3.03. The first kappa shape index (κ1) is 18.9. The van der Waals surface area contributed by atoms with Gasteiger partial charge in [-0.3, -0.25) is 4.79 Å². The van der Waals surface area contributed by atoms with Crippen LogP contribution in [0, 0.1) is 6.92 Å². The van der Waals surface area contributed by atoms with E-state index in [0.717, 1.165) is 24.1 Å². The molecule has 2 amide bonds. The molecule has 2 heterocycles. The van der Waals surface area contributed by atoms with Crippen molar-refractivity contribution in [3.8, 4) is 11.5 Å². The van der Waals surface area contributed by atoms with Crippen LogP contribution in [-0.2, 0) is 16.0 Å². The summed E-state index contributed by atoms with van der Waals surface area (Å²) < 4.78 is 10.8. The van der Waals surface area contributed by atoms with Crippen LogP contribution in [0.5, 0.6) is 0 Å². The lowest BCUT2D eigenvalue weighted by Crippen LogP contribution is -2.47. The summed E-state index contributed by atoms with van der Waals surface area (Å²) >= 11 is 0. The van der Waals surface area contributed by atoms with Gasteiger partial charge in [-0.2, -0.15) is 0 Å². The van der Waals surface area contributed by atoms with Gasteiger partial charge in [0.15, 0.2) is 0 Å². The Morgan fingerprint density at radius 3 is 2.63 bits per heavy atom. The molecule has 0 atom stereocenters. The maximum Gasteiger partial charge on any atom is 0.409 e. The van der Waals surface area contributed by atoms with Crippen LogP contribution in [0.3, 0.4) is 0 Å². The molecule has 0 bridgehead atoms. The smallest absolute Gasteiger partial charge is 0.409 e. The molecule has 1 aromatic heterocycles. The molecule has 3 rings (SSSR count). The van der Waals surface area contributed by atoms with Crippen LogP contribution in [-0.4, -0.2) is 47.6 Å². The molecule has 1 saturated heterocycles. The highest BCUT2D eigenvalue weighted by Crippen LogP contribution is 2.22. The monoisotopic (exact) mass is 371 g/mol. The normalized spacial score (nSPS) is 14.8. The Hall–Kier alpha value is -2.83. The Labute approximate surface area is 158 Å². The largest absolute Gasteiger partial charge is 0.450 e. The third-order valence-corrected chi connectivity index (χ3v) is 4.62. The third-order valence-electron chi connectivity index (χ3n) is 4.62. The van der Waals surface area contributed by atoms with Gasteiger partial charge in [0.25, 0.3) is 0 Å². The van der Waals surface area contributed by atoms with Gasteiger partial charge < -0.3 is 19.4 Å². The number of amides is 2. The number of hydrogen-bond acceptors (Lipinski definition) is 5. The molecule has 0 spiro atoms. The molecule has 0 saturated carbocycles. The predicted molar refractivity (Wildman–Crippen MR) is 100 cm³/mol. The molecule has 0 unspecified atom stereocenters. The zero-order valence-electron chi connectivity index (χ0n) is 15.7. The number of hydrogen-bond donors (Lipinski definition) is 1. The van der Waals surface area contributed by atoms with E-state index >= 15 is 0 Å². The lowest BCUT2D eigenvalue weighted by atomic mass is 10.1. The van der Waals surface area contributed by atoms with Gasteiger partial charge in [0, 0.05) is 24.7 Å². The summed E-state index contributed by atoms with van der Waals surface area (Å²) in [6, 6.07) is 9.67. The number of likely N-dealkylation sites (tertiary alicyclic amines) is 1. The van der Waals surface area contributed by atoms with E-state index < -0.39 is 0 Å². The number of nitrogens with zero attached hydrogens (tertiary/aromatic N) is 2. The Morgan fingerprint density at radius 2 is 1.96 bits per heavy atom. The molecule has 1 aliphatic rings. The van der Waals surface area contributed by atoms with Crippen LogP contribution >= 0.6 is 0 Å². The molecule has 1 aromatic carbocycles. The van der Waals surface area contributed by atoms with Gasteiger partial charge in [-0.05, 0) is 38.8 Å². The van der Waals surface area contributed by atoms with Crippen molar-refractivity contribution >= 4 is 12.0 Å². The quantitative estimate of drug-likeness (QED) is 0.873. The van der Waals surface area contributed by atoms with Crippen LogP contribution in [0.2, 0.25) is 0 Å². The van der Waals surface area contributed by atoms with E-state index in [2.05, 4.69) is 10.3 Å². The van der Waals surface area contributed by atoms with Crippen molar-refractivity contribution in [2.45, 2.75) is 39.2 Å². The fourth-order valence-corrected chi connectivity index (χ4v) is 3.14. The molecular formula is C20H25N3O4. The summed E-state index contributed by atoms with van der Waals surface area (Å²) in [7, 11) is 0. The van der Waals surface area contributed by atoms with Gasteiger partial charge in [0.2, 0.25) is 11.8 Å². The lowest BCUT2D eigenvalue weighted by molar-refractivity contribution is -0.121. The number of ether oxygens (including phenoxy) is 1. The molecule has 27 heavy (non-hydrogen) atoms. The molecular weight excluding hydrogens is 346 g/mol. The number of rotatable bonds is 5. The Bertz CT molecular complexity index is 780. The van der Waals surface area contributed by atoms with E-state index in [9.17, 15) is 9.59 Å². The van der Waals surface area contributed by atoms with Crippen molar-refractivity contribution < 1.29 is 18.7 Å². The Morgan fingerprint density at radius 1 is 1.26 bits per heavy atom. The average molecular weight is 371 g/mol. The van der Waals surface area contributed by atoms with Crippen molar-refractivity contribution in [1.29, 1.82) is 0 Å². The molecule has 2 aromatic rings. The van der Waals surface area contributed by atoms with Crippen molar-refractivity contribution in [2.24, 2.45) is 0 Å². The molecule has 1 fully saturated rings. The highest BCUT2D eigenvalue weighted by atomic mass is 16.6.